The number of nitrogens with one attached hydrogen (secondary N) is 1. The van der Waals surface area contributed by atoms with Crippen molar-refractivity contribution in [3.8, 4) is 11.5 Å². The highest BCUT2D eigenvalue weighted by Crippen LogP contribution is 2.26. The zero-order chi connectivity index (χ0) is 15.2. The van der Waals surface area contributed by atoms with E-state index in [1.165, 1.54) is 0 Å². The van der Waals surface area contributed by atoms with Crippen molar-refractivity contribution in [2.75, 3.05) is 26.1 Å². The molecule has 0 saturated heterocycles. The van der Waals surface area contributed by atoms with Gasteiger partial charge in [0.05, 0.1) is 20.3 Å². The summed E-state index contributed by atoms with van der Waals surface area (Å²) in [5.41, 5.74) is 1.66. The van der Waals surface area contributed by atoms with Gasteiger partial charge >= 0.3 is 0 Å². The first-order valence-electron chi connectivity index (χ1n) is 6.71. The van der Waals surface area contributed by atoms with Crippen LogP contribution >= 0.6 is 0 Å². The van der Waals surface area contributed by atoms with E-state index in [1.807, 2.05) is 25.1 Å². The van der Waals surface area contributed by atoms with Crippen LogP contribution in [0.5, 0.6) is 11.5 Å². The average molecular weight is 288 g/mol. The van der Waals surface area contributed by atoms with Gasteiger partial charge in [0.25, 0.3) is 0 Å². The van der Waals surface area contributed by atoms with Crippen LogP contribution in [0.4, 0.5) is 5.82 Å². The molecule has 2 rings (SSSR count). The van der Waals surface area contributed by atoms with Crippen LogP contribution in [0, 0.1) is 6.92 Å². The highest BCUT2D eigenvalue weighted by atomic mass is 16.5. The normalized spacial score (nSPS) is 11.8. The van der Waals surface area contributed by atoms with E-state index in [2.05, 4.69) is 10.3 Å². The highest BCUT2D eigenvalue weighted by molar-refractivity contribution is 5.41. The van der Waals surface area contributed by atoms with Crippen LogP contribution in [0.25, 0.3) is 0 Å². The first-order valence-corrected chi connectivity index (χ1v) is 6.71. The zero-order valence-electron chi connectivity index (χ0n) is 12.5. The molecule has 112 valence electrons. The largest absolute Gasteiger partial charge is 0.497 e. The van der Waals surface area contributed by atoms with Crippen LogP contribution in [-0.2, 0) is 0 Å². The molecule has 0 aliphatic heterocycles. The number of aromatic nitrogens is 1. The van der Waals surface area contributed by atoms with Crippen molar-refractivity contribution in [3.63, 3.8) is 0 Å². The molecular formula is C16H20N2O3. The number of nitrogens with zero attached hydrogens (tertiary/aromatic N) is 1. The van der Waals surface area contributed by atoms with Gasteiger partial charge in [-0.15, -0.1) is 0 Å². The van der Waals surface area contributed by atoms with Crippen LogP contribution in [-0.4, -0.2) is 30.9 Å². The lowest BCUT2D eigenvalue weighted by Crippen LogP contribution is -2.13. The molecule has 1 atom stereocenters. The van der Waals surface area contributed by atoms with Crippen molar-refractivity contribution in [1.29, 1.82) is 0 Å². The van der Waals surface area contributed by atoms with E-state index in [1.54, 1.807) is 32.4 Å². The summed E-state index contributed by atoms with van der Waals surface area (Å²) < 4.78 is 10.4. The number of ether oxygens (including phenoxy) is 2. The van der Waals surface area contributed by atoms with Crippen molar-refractivity contribution in [3.05, 3.63) is 47.7 Å². The molecule has 2 N–H and O–H groups in total. The summed E-state index contributed by atoms with van der Waals surface area (Å²) in [6.07, 6.45) is -0.684. The number of aliphatic hydroxyl groups excluding tert-OH is 1. The number of hydrogen-bond donors (Lipinski definition) is 2. The van der Waals surface area contributed by atoms with Crippen molar-refractivity contribution < 1.29 is 14.6 Å². The molecule has 0 aliphatic rings. The number of anilines is 1. The van der Waals surface area contributed by atoms with E-state index in [-0.39, 0.29) is 0 Å². The number of rotatable bonds is 6. The Morgan fingerprint density at radius 2 is 1.81 bits per heavy atom. The Kier molecular flexibility index (Phi) is 5.00. The minimum atomic E-state index is -0.684. The lowest BCUT2D eigenvalue weighted by Gasteiger charge is -2.15. The molecule has 0 spiro atoms. The van der Waals surface area contributed by atoms with Crippen LogP contribution in [0.2, 0.25) is 0 Å². The average Bonchev–Trinajstić information content (AvgIpc) is 2.52. The van der Waals surface area contributed by atoms with Gasteiger partial charge in [-0.1, -0.05) is 6.07 Å². The van der Waals surface area contributed by atoms with E-state index in [9.17, 15) is 5.11 Å². The van der Waals surface area contributed by atoms with Crippen molar-refractivity contribution >= 4 is 5.82 Å². The third-order valence-electron chi connectivity index (χ3n) is 3.12. The second kappa shape index (κ2) is 6.95. The molecule has 0 saturated carbocycles. The topological polar surface area (TPSA) is 63.6 Å². The summed E-state index contributed by atoms with van der Waals surface area (Å²) in [4.78, 5) is 4.33. The van der Waals surface area contributed by atoms with Crippen LogP contribution in [0.3, 0.4) is 0 Å². The quantitative estimate of drug-likeness (QED) is 0.855. The van der Waals surface area contributed by atoms with Gasteiger partial charge in [0, 0.05) is 18.3 Å². The molecule has 0 bridgehead atoms. The minimum Gasteiger partial charge on any atom is -0.497 e. The molecule has 1 unspecified atom stereocenters. The van der Waals surface area contributed by atoms with Crippen molar-refractivity contribution in [2.45, 2.75) is 13.0 Å². The molecule has 1 heterocycles. The third kappa shape index (κ3) is 4.10. The lowest BCUT2D eigenvalue weighted by atomic mass is 10.1. The fraction of sp³-hybridized carbons (Fsp3) is 0.312. The molecule has 0 amide bonds. The van der Waals surface area contributed by atoms with Crippen LogP contribution < -0.4 is 14.8 Å². The molecule has 1 aromatic heterocycles. The maximum atomic E-state index is 10.3. The Hall–Kier alpha value is -2.27. The Balaban J connectivity index is 2.07. The van der Waals surface area contributed by atoms with E-state index < -0.39 is 6.10 Å². The first-order chi connectivity index (χ1) is 10.1. The summed E-state index contributed by atoms with van der Waals surface area (Å²) in [6, 6.07) is 11.1. The fourth-order valence-electron chi connectivity index (χ4n) is 1.98. The maximum absolute atomic E-state index is 10.3. The van der Waals surface area contributed by atoms with Gasteiger partial charge in [-0.05, 0) is 36.8 Å². The Labute approximate surface area is 124 Å². The summed E-state index contributed by atoms with van der Waals surface area (Å²) in [6.45, 7) is 2.28. The summed E-state index contributed by atoms with van der Waals surface area (Å²) in [5.74, 6) is 2.04. The van der Waals surface area contributed by atoms with Crippen molar-refractivity contribution in [1.82, 2.24) is 4.98 Å². The molecule has 5 heteroatoms. The molecule has 0 fully saturated rings. The lowest BCUT2D eigenvalue weighted by molar-refractivity contribution is 0.190. The van der Waals surface area contributed by atoms with Gasteiger partial charge in [0.2, 0.25) is 0 Å². The van der Waals surface area contributed by atoms with E-state index in [0.29, 0.717) is 18.0 Å². The standard InChI is InChI=1S/C16H20N2O3/c1-11-5-4-6-16(18-11)17-10-15(19)12-7-13(20-2)9-14(8-12)21-3/h4-9,15,19H,10H2,1-3H3,(H,17,18). The van der Waals surface area contributed by atoms with Gasteiger partial charge in [-0.2, -0.15) is 0 Å². The second-order valence-electron chi connectivity index (χ2n) is 4.71. The van der Waals surface area contributed by atoms with Crippen LogP contribution in [0.15, 0.2) is 36.4 Å². The minimum absolute atomic E-state index is 0.354. The Bertz CT molecular complexity index is 580. The van der Waals surface area contributed by atoms with Gasteiger partial charge in [-0.3, -0.25) is 0 Å². The number of pyridine rings is 1. The van der Waals surface area contributed by atoms with E-state index in [0.717, 1.165) is 17.1 Å². The highest BCUT2D eigenvalue weighted by Gasteiger charge is 2.11. The summed E-state index contributed by atoms with van der Waals surface area (Å²) in [5, 5.41) is 13.4. The van der Waals surface area contributed by atoms with E-state index >= 15 is 0 Å². The van der Waals surface area contributed by atoms with E-state index in [4.69, 9.17) is 9.47 Å². The second-order valence-corrected chi connectivity index (χ2v) is 4.71. The number of aliphatic hydroxyl groups is 1. The van der Waals surface area contributed by atoms with Gasteiger partial charge in [-0.25, -0.2) is 4.98 Å². The van der Waals surface area contributed by atoms with Gasteiger partial charge < -0.3 is 19.9 Å². The SMILES string of the molecule is COc1cc(OC)cc(C(O)CNc2cccc(C)n2)c1. The number of aryl methyl sites for hydroxylation is 1. The smallest absolute Gasteiger partial charge is 0.126 e. The van der Waals surface area contributed by atoms with Gasteiger partial charge in [0.15, 0.2) is 0 Å². The molecule has 0 aliphatic carbocycles. The maximum Gasteiger partial charge on any atom is 0.126 e. The summed E-state index contributed by atoms with van der Waals surface area (Å²) in [7, 11) is 3.17. The predicted molar refractivity (Wildman–Crippen MR) is 82.0 cm³/mol. The Morgan fingerprint density at radius 1 is 1.14 bits per heavy atom. The number of methoxy groups -OCH3 is 2. The molecule has 1 aromatic carbocycles. The van der Waals surface area contributed by atoms with Crippen molar-refractivity contribution in [2.24, 2.45) is 0 Å². The fourth-order valence-corrected chi connectivity index (χ4v) is 1.98. The predicted octanol–water partition coefficient (Wildman–Crippen LogP) is 2.55. The molecule has 21 heavy (non-hydrogen) atoms. The van der Waals surface area contributed by atoms with Gasteiger partial charge in [0.1, 0.15) is 17.3 Å². The molecule has 2 aromatic rings. The molecule has 0 radical (unpaired) electrons. The van der Waals surface area contributed by atoms with Crippen LogP contribution in [0.1, 0.15) is 17.4 Å². The number of benzene rings is 1. The first kappa shape index (κ1) is 15.1. The third-order valence-corrected chi connectivity index (χ3v) is 3.12. The zero-order valence-corrected chi connectivity index (χ0v) is 12.5. The molecular weight excluding hydrogens is 268 g/mol. The summed E-state index contributed by atoms with van der Waals surface area (Å²) >= 11 is 0. The Morgan fingerprint density at radius 3 is 2.38 bits per heavy atom. The monoisotopic (exact) mass is 288 g/mol. The number of hydrogen-bond acceptors (Lipinski definition) is 5. The molecule has 5 nitrogen and oxygen atoms in total.